The van der Waals surface area contributed by atoms with Crippen LogP contribution >= 0.6 is 11.6 Å². The van der Waals surface area contributed by atoms with Crippen molar-refractivity contribution >= 4 is 39.6 Å². The van der Waals surface area contributed by atoms with E-state index in [1.54, 1.807) is 18.3 Å². The van der Waals surface area contributed by atoms with Crippen LogP contribution in [-0.2, 0) is 0 Å². The highest BCUT2D eigenvalue weighted by Gasteiger charge is 2.22. The molecule has 0 saturated carbocycles. The number of benzene rings is 2. The molecule has 0 radical (unpaired) electrons. The molecule has 0 aliphatic carbocycles. The summed E-state index contributed by atoms with van der Waals surface area (Å²) in [5.74, 6) is -3.06. The number of hydrogen-bond donors (Lipinski definition) is 5. The molecule has 2 aromatic carbocycles. The number of nitrogens with zero attached hydrogens (tertiary/aromatic N) is 4. The van der Waals surface area contributed by atoms with Crippen molar-refractivity contribution in [3.05, 3.63) is 100.0 Å². The van der Waals surface area contributed by atoms with Crippen LogP contribution < -0.4 is 27.0 Å². The standard InChI is InChI=1S/C25H15ClF3N9/c26-18-5-15(35-23(21-11-34-38-37-21)12-1-2-19(27)13(3-12)7-30)4-17-22(14(8-31)9-32-24(17)18)36-16-6-20(28)25(29)33-10-16/h1-6,9-11,23,34-35,37-38H,(H,32,36)/t23-/m0/s1. The van der Waals surface area contributed by atoms with E-state index < -0.39 is 23.6 Å². The molecule has 0 unspecified atom stereocenters. The topological polar surface area (TPSA) is 134 Å². The van der Waals surface area contributed by atoms with Crippen LogP contribution in [0, 0.1) is 40.2 Å². The summed E-state index contributed by atoms with van der Waals surface area (Å²) in [5.41, 5.74) is 10.8. The molecule has 0 bridgehead atoms. The number of nitriles is 2. The smallest absolute Gasteiger partial charge is 0.249 e. The van der Waals surface area contributed by atoms with Crippen LogP contribution in [0.5, 0.6) is 0 Å². The zero-order valence-corrected chi connectivity index (χ0v) is 19.8. The Kier molecular flexibility index (Phi) is 6.58. The third-order valence-electron chi connectivity index (χ3n) is 5.68. The Balaban J connectivity index is 1.61. The molecule has 2 aromatic heterocycles. The maximum absolute atomic E-state index is 14.0. The highest BCUT2D eigenvalue weighted by molar-refractivity contribution is 6.36. The van der Waals surface area contributed by atoms with Gasteiger partial charge >= 0.3 is 0 Å². The van der Waals surface area contributed by atoms with E-state index in [4.69, 9.17) is 11.6 Å². The number of hydrogen-bond acceptors (Lipinski definition) is 9. The van der Waals surface area contributed by atoms with Gasteiger partial charge in [-0.1, -0.05) is 17.7 Å². The van der Waals surface area contributed by atoms with Crippen molar-refractivity contribution in [3.8, 4) is 12.1 Å². The minimum absolute atomic E-state index is 0.105. The fourth-order valence-corrected chi connectivity index (χ4v) is 4.19. The Morgan fingerprint density at radius 3 is 2.45 bits per heavy atom. The predicted octanol–water partition coefficient (Wildman–Crippen LogP) is 4.79. The first kappa shape index (κ1) is 24.6. The number of rotatable bonds is 6. The van der Waals surface area contributed by atoms with Crippen molar-refractivity contribution in [2.45, 2.75) is 6.04 Å². The second kappa shape index (κ2) is 10.1. The average molecular weight is 534 g/mol. The first-order valence-electron chi connectivity index (χ1n) is 10.9. The van der Waals surface area contributed by atoms with E-state index >= 15 is 0 Å². The summed E-state index contributed by atoms with van der Waals surface area (Å²) in [5, 5.41) is 25.8. The van der Waals surface area contributed by atoms with Gasteiger partial charge in [-0.3, -0.25) is 4.98 Å². The second-order valence-electron chi connectivity index (χ2n) is 8.06. The van der Waals surface area contributed by atoms with E-state index in [2.05, 4.69) is 37.0 Å². The van der Waals surface area contributed by atoms with Crippen LogP contribution in [0.25, 0.3) is 10.9 Å². The lowest BCUT2D eigenvalue weighted by Gasteiger charge is -2.22. The molecule has 0 saturated heterocycles. The van der Waals surface area contributed by atoms with Gasteiger partial charge in [0.2, 0.25) is 5.95 Å². The molecule has 1 aliphatic heterocycles. The van der Waals surface area contributed by atoms with Crippen molar-refractivity contribution in [1.82, 2.24) is 26.4 Å². The number of fused-ring (bicyclic) bond motifs is 1. The third kappa shape index (κ3) is 4.69. The molecule has 13 heteroatoms. The lowest BCUT2D eigenvalue weighted by Crippen LogP contribution is -2.34. The largest absolute Gasteiger partial charge is 0.373 e. The van der Waals surface area contributed by atoms with Crippen LogP contribution in [0.1, 0.15) is 22.7 Å². The van der Waals surface area contributed by atoms with E-state index in [1.165, 1.54) is 24.4 Å². The molecule has 3 heterocycles. The van der Waals surface area contributed by atoms with E-state index in [1.807, 2.05) is 12.1 Å². The van der Waals surface area contributed by atoms with Crippen LogP contribution in [-0.4, -0.2) is 9.97 Å². The maximum Gasteiger partial charge on any atom is 0.249 e. The van der Waals surface area contributed by atoms with E-state index in [0.717, 1.165) is 12.3 Å². The number of halogens is 4. The van der Waals surface area contributed by atoms with E-state index in [0.29, 0.717) is 27.9 Å². The molecule has 1 aliphatic rings. The summed E-state index contributed by atoms with van der Waals surface area (Å²) < 4.78 is 41.1. The Bertz CT molecular complexity index is 1690. The van der Waals surface area contributed by atoms with Crippen molar-refractivity contribution in [1.29, 1.82) is 10.5 Å². The van der Waals surface area contributed by atoms with Gasteiger partial charge < -0.3 is 21.5 Å². The van der Waals surface area contributed by atoms with Crippen molar-refractivity contribution in [2.24, 2.45) is 0 Å². The van der Waals surface area contributed by atoms with Gasteiger partial charge in [0.05, 0.1) is 51.0 Å². The van der Waals surface area contributed by atoms with Crippen LogP contribution in [0.15, 0.2) is 60.7 Å². The molecule has 1 atom stereocenters. The molecule has 5 rings (SSSR count). The molecule has 0 amide bonds. The fraction of sp³-hybridized carbons (Fsp3) is 0.0400. The van der Waals surface area contributed by atoms with Crippen LogP contribution in [0.2, 0.25) is 5.02 Å². The molecule has 188 valence electrons. The summed E-state index contributed by atoms with van der Waals surface area (Å²) in [6.45, 7) is 0. The first-order valence-corrected chi connectivity index (χ1v) is 11.3. The molecule has 0 spiro atoms. The van der Waals surface area contributed by atoms with Gasteiger partial charge in [-0.15, -0.1) is 0 Å². The summed E-state index contributed by atoms with van der Waals surface area (Å²) >= 11 is 6.55. The molecule has 4 aromatic rings. The van der Waals surface area contributed by atoms with Gasteiger partial charge in [-0.25, -0.2) is 13.8 Å². The average Bonchev–Trinajstić information content (AvgIpc) is 3.45. The minimum atomic E-state index is -1.25. The summed E-state index contributed by atoms with van der Waals surface area (Å²) in [6.07, 6.45) is 4.05. The van der Waals surface area contributed by atoms with Gasteiger partial charge in [0.25, 0.3) is 0 Å². The zero-order valence-electron chi connectivity index (χ0n) is 19.1. The Morgan fingerprint density at radius 2 is 1.74 bits per heavy atom. The summed E-state index contributed by atoms with van der Waals surface area (Å²) in [7, 11) is 0. The SMILES string of the molecule is N#Cc1cc([C@H](Nc2cc(Cl)c3ncc(C#N)c(Nc4cnc(F)c(F)c4)c3c2)C2=CNNN2)ccc1F. The van der Waals surface area contributed by atoms with Gasteiger partial charge in [0, 0.05) is 29.5 Å². The molecular weight excluding hydrogens is 519 g/mol. The van der Waals surface area contributed by atoms with Crippen molar-refractivity contribution in [3.63, 3.8) is 0 Å². The Labute approximate surface area is 218 Å². The quantitative estimate of drug-likeness (QED) is 0.222. The van der Waals surface area contributed by atoms with Gasteiger partial charge in [-0.05, 0) is 29.8 Å². The summed E-state index contributed by atoms with van der Waals surface area (Å²) in [6, 6.07) is 11.6. The number of anilines is 3. The number of aromatic nitrogens is 2. The predicted molar refractivity (Wildman–Crippen MR) is 134 cm³/mol. The second-order valence-corrected chi connectivity index (χ2v) is 8.46. The highest BCUT2D eigenvalue weighted by atomic mass is 35.5. The Morgan fingerprint density at radius 1 is 0.921 bits per heavy atom. The highest BCUT2D eigenvalue weighted by Crippen LogP contribution is 2.37. The third-order valence-corrected chi connectivity index (χ3v) is 5.97. The maximum atomic E-state index is 14.0. The number of hydrazine groups is 2. The van der Waals surface area contributed by atoms with Gasteiger partial charge in [0.15, 0.2) is 5.82 Å². The number of nitrogens with one attached hydrogen (secondary N) is 5. The van der Waals surface area contributed by atoms with Crippen molar-refractivity contribution in [2.75, 3.05) is 10.6 Å². The van der Waals surface area contributed by atoms with Crippen molar-refractivity contribution < 1.29 is 13.2 Å². The lowest BCUT2D eigenvalue weighted by molar-refractivity contribution is 0.480. The van der Waals surface area contributed by atoms with E-state index in [9.17, 15) is 23.7 Å². The normalized spacial score (nSPS) is 13.1. The van der Waals surface area contributed by atoms with Gasteiger partial charge in [-0.2, -0.15) is 20.4 Å². The monoisotopic (exact) mass is 533 g/mol. The van der Waals surface area contributed by atoms with Crippen LogP contribution in [0.4, 0.5) is 30.2 Å². The van der Waals surface area contributed by atoms with Gasteiger partial charge in [0.1, 0.15) is 18.0 Å². The van der Waals surface area contributed by atoms with Crippen LogP contribution in [0.3, 0.4) is 0 Å². The minimum Gasteiger partial charge on any atom is -0.373 e. The molecular formula is C25H15ClF3N9. The van der Waals surface area contributed by atoms with E-state index in [-0.39, 0.29) is 27.5 Å². The molecule has 38 heavy (non-hydrogen) atoms. The molecule has 5 N–H and O–H groups in total. The molecule has 0 fully saturated rings. The Hall–Kier alpha value is -5.04. The molecule has 9 nitrogen and oxygen atoms in total. The number of pyridine rings is 2. The lowest BCUT2D eigenvalue weighted by atomic mass is 10.0. The first-order chi connectivity index (χ1) is 18.4. The zero-order chi connectivity index (χ0) is 26.8. The summed E-state index contributed by atoms with van der Waals surface area (Å²) in [4.78, 5) is 7.65. The fourth-order valence-electron chi connectivity index (χ4n) is 3.93.